The number of piperidine rings is 1. The van der Waals surface area contributed by atoms with Gasteiger partial charge in [-0.25, -0.2) is 0 Å². The lowest BCUT2D eigenvalue weighted by molar-refractivity contribution is 0.0204. The number of likely N-dealkylation sites (tertiary alicyclic amines) is 1. The summed E-state index contributed by atoms with van der Waals surface area (Å²) < 4.78 is 5.55. The summed E-state index contributed by atoms with van der Waals surface area (Å²) in [6.45, 7) is 6.80. The Balaban J connectivity index is 1.77. The first-order chi connectivity index (χ1) is 9.56. The zero-order valence-electron chi connectivity index (χ0n) is 12.3. The number of aliphatic hydroxyl groups is 1. The number of ether oxygens (including phenoxy) is 1. The number of benzene rings is 1. The molecule has 20 heavy (non-hydrogen) atoms. The molecule has 1 heterocycles. The van der Waals surface area contributed by atoms with Gasteiger partial charge in [0.15, 0.2) is 0 Å². The topological polar surface area (TPSA) is 52.9 Å². The number of phenolic OH excluding ortho intramolecular Hbond substituents is 1. The van der Waals surface area contributed by atoms with E-state index in [9.17, 15) is 10.2 Å². The molecule has 0 amide bonds. The number of hydrogen-bond donors (Lipinski definition) is 2. The Morgan fingerprint density at radius 1 is 1.30 bits per heavy atom. The van der Waals surface area contributed by atoms with Crippen LogP contribution in [0.15, 0.2) is 24.3 Å². The number of hydrogen-bond acceptors (Lipinski definition) is 4. The van der Waals surface area contributed by atoms with Crippen molar-refractivity contribution in [3.63, 3.8) is 0 Å². The Morgan fingerprint density at radius 3 is 2.60 bits per heavy atom. The van der Waals surface area contributed by atoms with E-state index in [0.29, 0.717) is 17.7 Å². The molecule has 4 nitrogen and oxygen atoms in total. The van der Waals surface area contributed by atoms with Gasteiger partial charge in [0.2, 0.25) is 0 Å². The number of phenols is 1. The third-order valence-electron chi connectivity index (χ3n) is 4.09. The van der Waals surface area contributed by atoms with E-state index in [2.05, 4.69) is 18.7 Å². The average molecular weight is 279 g/mol. The SMILES string of the molecule is CC(C)N1CCC(C(O)COc2cccc(O)c2)CC1. The van der Waals surface area contributed by atoms with Gasteiger partial charge < -0.3 is 19.8 Å². The Hall–Kier alpha value is -1.26. The maximum atomic E-state index is 10.2. The first kappa shape index (κ1) is 15.1. The fourth-order valence-electron chi connectivity index (χ4n) is 2.71. The molecule has 1 fully saturated rings. The van der Waals surface area contributed by atoms with Gasteiger partial charge in [-0.05, 0) is 57.8 Å². The second-order valence-electron chi connectivity index (χ2n) is 5.84. The van der Waals surface area contributed by atoms with Crippen LogP contribution in [-0.4, -0.2) is 47.0 Å². The zero-order chi connectivity index (χ0) is 14.5. The highest BCUT2D eigenvalue weighted by Crippen LogP contribution is 2.23. The summed E-state index contributed by atoms with van der Waals surface area (Å²) in [6.07, 6.45) is 1.59. The van der Waals surface area contributed by atoms with E-state index in [1.54, 1.807) is 24.3 Å². The van der Waals surface area contributed by atoms with E-state index in [-0.39, 0.29) is 12.4 Å². The molecule has 1 aromatic rings. The van der Waals surface area contributed by atoms with Crippen molar-refractivity contribution in [3.8, 4) is 11.5 Å². The summed E-state index contributed by atoms with van der Waals surface area (Å²) in [5, 5.41) is 19.6. The van der Waals surface area contributed by atoms with Crippen molar-refractivity contribution in [1.82, 2.24) is 4.90 Å². The fourth-order valence-corrected chi connectivity index (χ4v) is 2.71. The fraction of sp³-hybridized carbons (Fsp3) is 0.625. The van der Waals surface area contributed by atoms with Gasteiger partial charge in [0.05, 0.1) is 6.10 Å². The van der Waals surface area contributed by atoms with Crippen LogP contribution < -0.4 is 4.74 Å². The molecule has 4 heteroatoms. The molecule has 1 aliphatic rings. The molecule has 1 aromatic carbocycles. The van der Waals surface area contributed by atoms with Gasteiger partial charge in [-0.15, -0.1) is 0 Å². The number of rotatable bonds is 5. The van der Waals surface area contributed by atoms with Crippen LogP contribution in [0.3, 0.4) is 0 Å². The quantitative estimate of drug-likeness (QED) is 0.868. The molecular weight excluding hydrogens is 254 g/mol. The van der Waals surface area contributed by atoms with E-state index in [1.807, 2.05) is 0 Å². The van der Waals surface area contributed by atoms with E-state index in [1.165, 1.54) is 0 Å². The first-order valence-electron chi connectivity index (χ1n) is 7.40. The summed E-state index contributed by atoms with van der Waals surface area (Å²) in [5.74, 6) is 1.09. The highest BCUT2D eigenvalue weighted by atomic mass is 16.5. The molecule has 1 atom stereocenters. The Morgan fingerprint density at radius 2 is 2.00 bits per heavy atom. The van der Waals surface area contributed by atoms with Gasteiger partial charge in [-0.3, -0.25) is 0 Å². The predicted octanol–water partition coefficient (Wildman–Crippen LogP) is 2.25. The van der Waals surface area contributed by atoms with Crippen LogP contribution >= 0.6 is 0 Å². The van der Waals surface area contributed by atoms with Crippen LogP contribution in [0.5, 0.6) is 11.5 Å². The summed E-state index contributed by atoms with van der Waals surface area (Å²) in [6, 6.07) is 7.27. The number of aliphatic hydroxyl groups excluding tert-OH is 1. The third-order valence-corrected chi connectivity index (χ3v) is 4.09. The van der Waals surface area contributed by atoms with Crippen molar-refractivity contribution in [2.24, 2.45) is 5.92 Å². The summed E-state index contributed by atoms with van der Waals surface area (Å²) in [5.41, 5.74) is 0. The summed E-state index contributed by atoms with van der Waals surface area (Å²) >= 11 is 0. The highest BCUT2D eigenvalue weighted by molar-refractivity contribution is 5.31. The van der Waals surface area contributed by atoms with Gasteiger partial charge in [0.1, 0.15) is 18.1 Å². The maximum absolute atomic E-state index is 10.2. The lowest BCUT2D eigenvalue weighted by atomic mass is 9.91. The van der Waals surface area contributed by atoms with Crippen LogP contribution in [0, 0.1) is 5.92 Å². The molecule has 0 saturated carbocycles. The third kappa shape index (κ3) is 4.12. The van der Waals surface area contributed by atoms with Crippen molar-refractivity contribution in [2.45, 2.75) is 38.8 Å². The molecule has 112 valence electrons. The monoisotopic (exact) mass is 279 g/mol. The second-order valence-corrected chi connectivity index (χ2v) is 5.84. The van der Waals surface area contributed by atoms with Gasteiger partial charge in [0.25, 0.3) is 0 Å². The minimum Gasteiger partial charge on any atom is -0.508 e. The van der Waals surface area contributed by atoms with Gasteiger partial charge in [-0.2, -0.15) is 0 Å². The molecule has 0 radical (unpaired) electrons. The van der Waals surface area contributed by atoms with E-state index >= 15 is 0 Å². The minimum atomic E-state index is -0.438. The van der Waals surface area contributed by atoms with Crippen LogP contribution in [-0.2, 0) is 0 Å². The molecule has 0 spiro atoms. The molecule has 0 bridgehead atoms. The largest absolute Gasteiger partial charge is 0.508 e. The summed E-state index contributed by atoms with van der Waals surface area (Å²) in [7, 11) is 0. The van der Waals surface area contributed by atoms with Crippen LogP contribution in [0.1, 0.15) is 26.7 Å². The van der Waals surface area contributed by atoms with Crippen molar-refractivity contribution < 1.29 is 14.9 Å². The maximum Gasteiger partial charge on any atom is 0.123 e. The van der Waals surface area contributed by atoms with Crippen molar-refractivity contribution in [1.29, 1.82) is 0 Å². The smallest absolute Gasteiger partial charge is 0.123 e. The molecule has 2 rings (SSSR count). The zero-order valence-corrected chi connectivity index (χ0v) is 12.3. The highest BCUT2D eigenvalue weighted by Gasteiger charge is 2.26. The predicted molar refractivity (Wildman–Crippen MR) is 79.0 cm³/mol. The standard InChI is InChI=1S/C16H25NO3/c1-12(2)17-8-6-13(7-9-17)16(19)11-20-15-5-3-4-14(18)10-15/h3-5,10,12-13,16,18-19H,6-9,11H2,1-2H3. The molecule has 0 aromatic heterocycles. The van der Waals surface area contributed by atoms with Crippen LogP contribution in [0.25, 0.3) is 0 Å². The molecule has 0 aliphatic carbocycles. The van der Waals surface area contributed by atoms with Crippen molar-refractivity contribution in [3.05, 3.63) is 24.3 Å². The molecule has 2 N–H and O–H groups in total. The average Bonchev–Trinajstić information content (AvgIpc) is 2.45. The molecule has 1 unspecified atom stereocenters. The van der Waals surface area contributed by atoms with Gasteiger partial charge >= 0.3 is 0 Å². The first-order valence-corrected chi connectivity index (χ1v) is 7.40. The van der Waals surface area contributed by atoms with Gasteiger partial charge in [0, 0.05) is 12.1 Å². The Bertz CT molecular complexity index is 414. The minimum absolute atomic E-state index is 0.183. The van der Waals surface area contributed by atoms with Crippen molar-refractivity contribution >= 4 is 0 Å². The van der Waals surface area contributed by atoms with E-state index in [4.69, 9.17) is 4.74 Å². The van der Waals surface area contributed by atoms with Crippen LogP contribution in [0.4, 0.5) is 0 Å². The lowest BCUT2D eigenvalue weighted by Crippen LogP contribution is -2.42. The summed E-state index contributed by atoms with van der Waals surface area (Å²) in [4.78, 5) is 2.44. The number of aromatic hydroxyl groups is 1. The Kier molecular flexibility index (Phi) is 5.26. The molecule has 1 aliphatic heterocycles. The van der Waals surface area contributed by atoms with Crippen molar-refractivity contribution in [2.75, 3.05) is 19.7 Å². The van der Waals surface area contributed by atoms with Crippen LogP contribution in [0.2, 0.25) is 0 Å². The number of nitrogens with zero attached hydrogens (tertiary/aromatic N) is 1. The normalized spacial score (nSPS) is 19.2. The van der Waals surface area contributed by atoms with E-state index < -0.39 is 6.10 Å². The molecule has 1 saturated heterocycles. The molecular formula is C16H25NO3. The second kappa shape index (κ2) is 6.95. The van der Waals surface area contributed by atoms with E-state index in [0.717, 1.165) is 25.9 Å². The van der Waals surface area contributed by atoms with Gasteiger partial charge in [-0.1, -0.05) is 6.07 Å². The lowest BCUT2D eigenvalue weighted by Gasteiger charge is -2.36. The Labute approximate surface area is 121 Å².